The minimum absolute atomic E-state index is 0.0667. The second-order valence-corrected chi connectivity index (χ2v) is 4.07. The van der Waals surface area contributed by atoms with Crippen molar-refractivity contribution in [2.24, 2.45) is 0 Å². The highest BCUT2D eigenvalue weighted by atomic mass is 16.9. The standard InChI is InChI=1S/C16H17NO3/c1-3-20-17(19-2)15-12-8-7-11-14(15)16(18)13-9-5-4-6-10-13/h4-12H,3H2,1-2H3. The number of ketones is 1. The van der Waals surface area contributed by atoms with Crippen LogP contribution in [0.4, 0.5) is 5.69 Å². The largest absolute Gasteiger partial charge is 0.289 e. The molecule has 0 N–H and O–H groups in total. The van der Waals surface area contributed by atoms with Gasteiger partial charge < -0.3 is 0 Å². The van der Waals surface area contributed by atoms with Crippen LogP contribution in [0.1, 0.15) is 22.8 Å². The van der Waals surface area contributed by atoms with Crippen LogP contribution in [-0.4, -0.2) is 19.5 Å². The Morgan fingerprint density at radius 2 is 1.70 bits per heavy atom. The topological polar surface area (TPSA) is 38.8 Å². The average Bonchev–Trinajstić information content (AvgIpc) is 2.53. The van der Waals surface area contributed by atoms with Crippen molar-refractivity contribution >= 4 is 11.5 Å². The number of anilines is 1. The first-order valence-electron chi connectivity index (χ1n) is 6.43. The highest BCUT2D eigenvalue weighted by Crippen LogP contribution is 2.23. The molecule has 0 saturated carbocycles. The van der Waals surface area contributed by atoms with E-state index in [9.17, 15) is 4.79 Å². The highest BCUT2D eigenvalue weighted by Gasteiger charge is 2.18. The maximum atomic E-state index is 12.6. The van der Waals surface area contributed by atoms with Crippen LogP contribution in [0.3, 0.4) is 0 Å². The quantitative estimate of drug-likeness (QED) is 0.597. The molecule has 0 aliphatic carbocycles. The van der Waals surface area contributed by atoms with Crippen molar-refractivity contribution in [3.05, 3.63) is 65.7 Å². The lowest BCUT2D eigenvalue weighted by atomic mass is 10.0. The van der Waals surface area contributed by atoms with E-state index in [1.807, 2.05) is 37.3 Å². The Bertz CT molecular complexity index is 569. The van der Waals surface area contributed by atoms with Gasteiger partial charge in [-0.05, 0) is 19.1 Å². The van der Waals surface area contributed by atoms with Gasteiger partial charge in [-0.25, -0.2) is 4.84 Å². The van der Waals surface area contributed by atoms with Crippen molar-refractivity contribution in [1.29, 1.82) is 0 Å². The lowest BCUT2D eigenvalue weighted by Crippen LogP contribution is -2.24. The first-order chi connectivity index (χ1) is 9.77. The highest BCUT2D eigenvalue weighted by molar-refractivity contribution is 6.12. The van der Waals surface area contributed by atoms with E-state index >= 15 is 0 Å². The zero-order chi connectivity index (χ0) is 14.4. The van der Waals surface area contributed by atoms with Gasteiger partial charge in [0.1, 0.15) is 5.69 Å². The van der Waals surface area contributed by atoms with Crippen molar-refractivity contribution in [3.8, 4) is 0 Å². The van der Waals surface area contributed by atoms with Gasteiger partial charge in [0, 0.05) is 5.56 Å². The summed E-state index contributed by atoms with van der Waals surface area (Å²) >= 11 is 0. The van der Waals surface area contributed by atoms with E-state index in [1.54, 1.807) is 24.3 Å². The third-order valence-electron chi connectivity index (χ3n) is 2.79. The second-order valence-electron chi connectivity index (χ2n) is 4.07. The first kappa shape index (κ1) is 14.2. The number of benzene rings is 2. The lowest BCUT2D eigenvalue weighted by Gasteiger charge is -2.21. The Labute approximate surface area is 118 Å². The fourth-order valence-corrected chi connectivity index (χ4v) is 1.91. The average molecular weight is 271 g/mol. The van der Waals surface area contributed by atoms with Crippen LogP contribution in [0.2, 0.25) is 0 Å². The van der Waals surface area contributed by atoms with Crippen LogP contribution in [0.25, 0.3) is 0 Å². The molecular weight excluding hydrogens is 254 g/mol. The predicted molar refractivity (Wildman–Crippen MR) is 77.4 cm³/mol. The SMILES string of the molecule is CCON(OC)c1ccccc1C(=O)c1ccccc1. The molecule has 0 fully saturated rings. The van der Waals surface area contributed by atoms with Gasteiger partial charge >= 0.3 is 0 Å². The maximum Gasteiger partial charge on any atom is 0.195 e. The minimum atomic E-state index is -0.0667. The number of para-hydroxylation sites is 1. The third-order valence-corrected chi connectivity index (χ3v) is 2.79. The smallest absolute Gasteiger partial charge is 0.195 e. The van der Waals surface area contributed by atoms with E-state index < -0.39 is 0 Å². The van der Waals surface area contributed by atoms with Gasteiger partial charge in [-0.3, -0.25) is 9.63 Å². The summed E-state index contributed by atoms with van der Waals surface area (Å²) in [6.07, 6.45) is 0. The summed E-state index contributed by atoms with van der Waals surface area (Å²) in [6, 6.07) is 16.3. The van der Waals surface area contributed by atoms with Crippen molar-refractivity contribution in [2.75, 3.05) is 18.9 Å². The molecule has 0 saturated heterocycles. The maximum absolute atomic E-state index is 12.6. The summed E-state index contributed by atoms with van der Waals surface area (Å²) in [4.78, 5) is 23.1. The van der Waals surface area contributed by atoms with Crippen LogP contribution in [-0.2, 0) is 9.68 Å². The van der Waals surface area contributed by atoms with Crippen molar-refractivity contribution in [3.63, 3.8) is 0 Å². The van der Waals surface area contributed by atoms with Crippen LogP contribution in [0.15, 0.2) is 54.6 Å². The zero-order valence-electron chi connectivity index (χ0n) is 11.6. The molecule has 0 amide bonds. The Kier molecular flexibility index (Phi) is 4.87. The van der Waals surface area contributed by atoms with Crippen LogP contribution in [0, 0.1) is 0 Å². The monoisotopic (exact) mass is 271 g/mol. The zero-order valence-corrected chi connectivity index (χ0v) is 11.6. The van der Waals surface area contributed by atoms with Gasteiger partial charge in [-0.1, -0.05) is 42.5 Å². The molecule has 4 nitrogen and oxygen atoms in total. The second kappa shape index (κ2) is 6.84. The van der Waals surface area contributed by atoms with Gasteiger partial charge in [0.25, 0.3) is 0 Å². The fraction of sp³-hybridized carbons (Fsp3) is 0.188. The van der Waals surface area contributed by atoms with E-state index in [2.05, 4.69) is 0 Å². The Morgan fingerprint density at radius 3 is 2.35 bits per heavy atom. The number of hydrogen-bond acceptors (Lipinski definition) is 4. The normalized spacial score (nSPS) is 10.3. The third kappa shape index (κ3) is 3.04. The molecule has 0 heterocycles. The molecule has 20 heavy (non-hydrogen) atoms. The minimum Gasteiger partial charge on any atom is -0.289 e. The molecule has 2 aromatic rings. The summed E-state index contributed by atoms with van der Waals surface area (Å²) in [5.74, 6) is -0.0667. The van der Waals surface area contributed by atoms with Gasteiger partial charge in [0.05, 0.1) is 19.3 Å². The number of hydrogen-bond donors (Lipinski definition) is 0. The molecule has 2 aromatic carbocycles. The van der Waals surface area contributed by atoms with Gasteiger partial charge in [0.2, 0.25) is 0 Å². The molecule has 0 bridgehead atoms. The van der Waals surface area contributed by atoms with Gasteiger partial charge in [-0.2, -0.15) is 0 Å². The summed E-state index contributed by atoms with van der Waals surface area (Å²) in [7, 11) is 1.50. The molecule has 0 spiro atoms. The van der Waals surface area contributed by atoms with Crippen molar-refractivity contribution in [1.82, 2.24) is 0 Å². The number of carbonyl (C=O) groups is 1. The number of rotatable bonds is 6. The van der Waals surface area contributed by atoms with Crippen LogP contribution < -0.4 is 5.23 Å². The van der Waals surface area contributed by atoms with E-state index in [0.717, 1.165) is 0 Å². The molecule has 0 atom stereocenters. The Balaban J connectivity index is 2.39. The van der Waals surface area contributed by atoms with E-state index in [-0.39, 0.29) is 5.78 Å². The van der Waals surface area contributed by atoms with Crippen LogP contribution >= 0.6 is 0 Å². The summed E-state index contributed by atoms with van der Waals surface area (Å²) in [6.45, 7) is 2.30. The van der Waals surface area contributed by atoms with Crippen LogP contribution in [0.5, 0.6) is 0 Å². The van der Waals surface area contributed by atoms with Crippen molar-refractivity contribution < 1.29 is 14.5 Å². The molecule has 104 valence electrons. The molecule has 0 aliphatic heterocycles. The van der Waals surface area contributed by atoms with Gasteiger partial charge in [-0.15, -0.1) is 5.23 Å². The molecule has 0 unspecified atom stereocenters. The molecule has 2 rings (SSSR count). The fourth-order valence-electron chi connectivity index (χ4n) is 1.91. The molecule has 0 aliphatic rings. The Morgan fingerprint density at radius 1 is 1.05 bits per heavy atom. The van der Waals surface area contributed by atoms with E-state index in [1.165, 1.54) is 12.3 Å². The molecule has 0 radical (unpaired) electrons. The first-order valence-corrected chi connectivity index (χ1v) is 6.43. The summed E-state index contributed by atoms with van der Waals surface area (Å²) < 4.78 is 0. The molecule has 0 aromatic heterocycles. The molecule has 4 heteroatoms. The number of carbonyl (C=O) groups excluding carboxylic acids is 1. The number of nitrogens with zero attached hydrogens (tertiary/aromatic N) is 1. The van der Waals surface area contributed by atoms with Gasteiger partial charge in [0.15, 0.2) is 5.78 Å². The van der Waals surface area contributed by atoms with Crippen molar-refractivity contribution in [2.45, 2.75) is 6.92 Å². The summed E-state index contributed by atoms with van der Waals surface area (Å²) in [5, 5.41) is 1.26. The summed E-state index contributed by atoms with van der Waals surface area (Å²) in [5.41, 5.74) is 1.76. The van der Waals surface area contributed by atoms with E-state index in [0.29, 0.717) is 23.4 Å². The Hall–Kier alpha value is -2.17. The lowest BCUT2D eigenvalue weighted by molar-refractivity contribution is -0.0638. The molecular formula is C16H17NO3. The predicted octanol–water partition coefficient (Wildman–Crippen LogP) is 3.24. The van der Waals surface area contributed by atoms with E-state index in [4.69, 9.17) is 9.68 Å².